The third-order valence-electron chi connectivity index (χ3n) is 6.26. The van der Waals surface area contributed by atoms with Gasteiger partial charge in [-0.15, -0.1) is 0 Å². The Kier molecular flexibility index (Phi) is 6.44. The van der Waals surface area contributed by atoms with Crippen LogP contribution in [-0.4, -0.2) is 26.1 Å². The molecule has 2 nitrogen and oxygen atoms in total. The van der Waals surface area contributed by atoms with Crippen LogP contribution in [0.3, 0.4) is 0 Å². The highest BCUT2D eigenvalue weighted by atomic mass is 28.3. The molecular formula is C21H34O2Si. The topological polar surface area (TPSA) is 26.3 Å². The molecule has 0 unspecified atom stereocenters. The van der Waals surface area contributed by atoms with E-state index in [0.29, 0.717) is 0 Å². The van der Waals surface area contributed by atoms with E-state index in [1.807, 2.05) is 30.3 Å². The van der Waals surface area contributed by atoms with E-state index in [-0.39, 0.29) is 18.0 Å². The Balaban J connectivity index is 2.08. The molecule has 1 aromatic rings. The zero-order valence-electron chi connectivity index (χ0n) is 16.2. The molecule has 1 heterocycles. The van der Waals surface area contributed by atoms with Gasteiger partial charge in [0.1, 0.15) is 6.10 Å². The fourth-order valence-corrected chi connectivity index (χ4v) is 11.4. The predicted octanol–water partition coefficient (Wildman–Crippen LogP) is 6.10. The summed E-state index contributed by atoms with van der Waals surface area (Å²) in [5.41, 5.74) is 3.00. The molecule has 1 aliphatic rings. The van der Waals surface area contributed by atoms with Crippen molar-refractivity contribution in [1.82, 2.24) is 0 Å². The molecule has 1 fully saturated rings. The van der Waals surface area contributed by atoms with Crippen LogP contribution in [0.2, 0.25) is 22.7 Å². The van der Waals surface area contributed by atoms with Gasteiger partial charge < -0.3 is 4.74 Å². The van der Waals surface area contributed by atoms with E-state index >= 15 is 0 Å². The third kappa shape index (κ3) is 3.83. The molecular weight excluding hydrogens is 312 g/mol. The van der Waals surface area contributed by atoms with E-state index in [1.54, 1.807) is 0 Å². The van der Waals surface area contributed by atoms with E-state index in [9.17, 15) is 4.79 Å². The number of Topliss-reactive ketones (excluding diaryl/α,β-unsaturated/α-hetero) is 1. The Morgan fingerprint density at radius 3 is 2.04 bits per heavy atom. The second kappa shape index (κ2) is 7.96. The first kappa shape index (κ1) is 19.4. The molecule has 1 aliphatic heterocycles. The van der Waals surface area contributed by atoms with Crippen LogP contribution in [0.1, 0.15) is 64.7 Å². The van der Waals surface area contributed by atoms with Crippen molar-refractivity contribution in [2.45, 2.75) is 89.3 Å². The molecule has 134 valence electrons. The van der Waals surface area contributed by atoms with Crippen LogP contribution in [-0.2, 0) is 4.74 Å². The minimum absolute atomic E-state index is 0.156. The van der Waals surface area contributed by atoms with Gasteiger partial charge in [0.05, 0.1) is 14.2 Å². The average Bonchev–Trinajstić information content (AvgIpc) is 3.00. The first-order chi connectivity index (χ1) is 11.3. The number of hydrogen-bond donors (Lipinski definition) is 0. The Morgan fingerprint density at radius 2 is 1.54 bits per heavy atom. The van der Waals surface area contributed by atoms with Gasteiger partial charge in [-0.1, -0.05) is 88.5 Å². The van der Waals surface area contributed by atoms with E-state index in [4.69, 9.17) is 4.74 Å². The van der Waals surface area contributed by atoms with Crippen molar-refractivity contribution in [2.75, 3.05) is 0 Å². The van der Waals surface area contributed by atoms with Crippen molar-refractivity contribution >= 4 is 13.9 Å². The Labute approximate surface area is 149 Å². The normalized spacial score (nSPS) is 21.9. The van der Waals surface area contributed by atoms with Gasteiger partial charge in [-0.05, 0) is 18.9 Å². The summed E-state index contributed by atoms with van der Waals surface area (Å²) in [5.74, 6) is 0.156. The summed E-state index contributed by atoms with van der Waals surface area (Å²) >= 11 is 0. The highest BCUT2D eigenvalue weighted by Crippen LogP contribution is 2.47. The molecule has 2 rings (SSSR count). The third-order valence-corrected chi connectivity index (χ3v) is 13.9. The smallest absolute Gasteiger partial charge is 0.191 e. The van der Waals surface area contributed by atoms with Gasteiger partial charge in [-0.3, -0.25) is 4.79 Å². The summed E-state index contributed by atoms with van der Waals surface area (Å²) in [5, 5.41) is 0. The van der Waals surface area contributed by atoms with Crippen molar-refractivity contribution < 1.29 is 9.53 Å². The monoisotopic (exact) mass is 346 g/mol. The number of rotatable bonds is 7. The molecule has 0 radical (unpaired) electrons. The van der Waals surface area contributed by atoms with Crippen LogP contribution in [0.15, 0.2) is 30.3 Å². The zero-order chi connectivity index (χ0) is 17.9. The highest BCUT2D eigenvalue weighted by Gasteiger charge is 2.46. The van der Waals surface area contributed by atoms with Gasteiger partial charge in [0.25, 0.3) is 0 Å². The van der Waals surface area contributed by atoms with E-state index in [0.717, 1.165) is 35.0 Å². The average molecular weight is 347 g/mol. The fourth-order valence-electron chi connectivity index (χ4n) is 4.94. The maximum atomic E-state index is 12.6. The lowest BCUT2D eigenvalue weighted by atomic mass is 10.0. The van der Waals surface area contributed by atoms with Crippen molar-refractivity contribution in [3.05, 3.63) is 35.9 Å². The second-order valence-corrected chi connectivity index (χ2v) is 14.4. The molecule has 24 heavy (non-hydrogen) atoms. The van der Waals surface area contributed by atoms with Crippen molar-refractivity contribution in [2.24, 2.45) is 0 Å². The standard InChI is InChI=1S/C21H34O2Si/c1-15(2)24(16(3)4,17(5)6)14-19-12-13-20(23-19)21(22)18-10-8-7-9-11-18/h7-11,15-17,19-20H,12-14H2,1-6H3/t19-,20-/m0/s1. The summed E-state index contributed by atoms with van der Waals surface area (Å²) in [6, 6.07) is 10.8. The molecule has 0 N–H and O–H groups in total. The molecule has 3 heteroatoms. The number of carbonyl (C=O) groups excluding carboxylic acids is 1. The van der Waals surface area contributed by atoms with Crippen molar-refractivity contribution in [1.29, 1.82) is 0 Å². The van der Waals surface area contributed by atoms with Crippen LogP contribution in [0.25, 0.3) is 0 Å². The molecule has 0 saturated carbocycles. The maximum absolute atomic E-state index is 12.6. The predicted molar refractivity (Wildman–Crippen MR) is 105 cm³/mol. The summed E-state index contributed by atoms with van der Waals surface area (Å²) in [6.07, 6.45) is 1.93. The lowest BCUT2D eigenvalue weighted by molar-refractivity contribution is 0.0426. The number of hydrogen-bond acceptors (Lipinski definition) is 2. The lowest BCUT2D eigenvalue weighted by Crippen LogP contribution is -2.47. The summed E-state index contributed by atoms with van der Waals surface area (Å²) < 4.78 is 6.27. The minimum Gasteiger partial charge on any atom is -0.367 e. The molecule has 1 saturated heterocycles. The van der Waals surface area contributed by atoms with Gasteiger partial charge in [0.15, 0.2) is 5.78 Å². The van der Waals surface area contributed by atoms with Crippen LogP contribution in [0, 0.1) is 0 Å². The van der Waals surface area contributed by atoms with E-state index in [2.05, 4.69) is 41.5 Å². The number of carbonyl (C=O) groups is 1. The number of benzene rings is 1. The summed E-state index contributed by atoms with van der Waals surface area (Å²) in [7, 11) is -1.47. The van der Waals surface area contributed by atoms with Crippen LogP contribution in [0.5, 0.6) is 0 Å². The Morgan fingerprint density at radius 1 is 1.00 bits per heavy atom. The van der Waals surface area contributed by atoms with Crippen LogP contribution in [0.4, 0.5) is 0 Å². The summed E-state index contributed by atoms with van der Waals surface area (Å²) in [4.78, 5) is 12.6. The molecule has 0 amide bonds. The SMILES string of the molecule is CC(C)[Si](C[C@@H]1CC[C@@H](C(=O)c2ccccc2)O1)(C(C)C)C(C)C. The Hall–Kier alpha value is -0.933. The highest BCUT2D eigenvalue weighted by molar-refractivity contribution is 6.83. The quantitative estimate of drug-likeness (QED) is 0.441. The molecule has 2 atom stereocenters. The zero-order valence-corrected chi connectivity index (χ0v) is 17.2. The van der Waals surface area contributed by atoms with E-state index < -0.39 is 8.07 Å². The maximum Gasteiger partial charge on any atom is 0.191 e. The first-order valence-electron chi connectivity index (χ1n) is 9.53. The molecule has 0 aliphatic carbocycles. The summed E-state index contributed by atoms with van der Waals surface area (Å²) in [6.45, 7) is 14.4. The largest absolute Gasteiger partial charge is 0.367 e. The van der Waals surface area contributed by atoms with E-state index in [1.165, 1.54) is 6.04 Å². The van der Waals surface area contributed by atoms with Crippen LogP contribution < -0.4 is 0 Å². The lowest BCUT2D eigenvalue weighted by Gasteiger charge is -2.44. The van der Waals surface area contributed by atoms with Gasteiger partial charge >= 0.3 is 0 Å². The van der Waals surface area contributed by atoms with Gasteiger partial charge in [0, 0.05) is 5.56 Å². The minimum atomic E-state index is -1.47. The second-order valence-electron chi connectivity index (χ2n) is 8.33. The Bertz CT molecular complexity index is 514. The molecule has 0 aromatic heterocycles. The van der Waals surface area contributed by atoms with Gasteiger partial charge in [0.2, 0.25) is 0 Å². The van der Waals surface area contributed by atoms with Gasteiger partial charge in [-0.2, -0.15) is 0 Å². The number of ether oxygens (including phenoxy) is 1. The molecule has 0 bridgehead atoms. The molecule has 0 spiro atoms. The molecule has 1 aromatic carbocycles. The van der Waals surface area contributed by atoms with Crippen molar-refractivity contribution in [3.63, 3.8) is 0 Å². The van der Waals surface area contributed by atoms with Crippen molar-refractivity contribution in [3.8, 4) is 0 Å². The first-order valence-corrected chi connectivity index (χ1v) is 12.0. The fraction of sp³-hybridized carbons (Fsp3) is 0.667. The van der Waals surface area contributed by atoms with Gasteiger partial charge in [-0.25, -0.2) is 0 Å². The van der Waals surface area contributed by atoms with Crippen LogP contribution >= 0.6 is 0 Å². The number of ketones is 1.